The average molecular weight is 905 g/mol. The molecule has 0 fully saturated rings. The first-order valence-electron chi connectivity index (χ1n) is 28.7. The molecule has 0 radical (unpaired) electrons. The van der Waals surface area contributed by atoms with Gasteiger partial charge in [0, 0.05) is 0 Å². The van der Waals surface area contributed by atoms with E-state index in [9.17, 15) is 25.2 Å². The van der Waals surface area contributed by atoms with Crippen LogP contribution in [-0.2, 0) is 4.79 Å². The minimum absolute atomic E-state index is 0.364. The molecule has 6 heteroatoms. The van der Waals surface area contributed by atoms with Crippen LogP contribution in [0, 0.1) is 0 Å². The van der Waals surface area contributed by atoms with Crippen LogP contribution in [0.1, 0.15) is 309 Å². The summed E-state index contributed by atoms with van der Waals surface area (Å²) in [5, 5.41) is 44.0. The van der Waals surface area contributed by atoms with Crippen molar-refractivity contribution in [2.24, 2.45) is 0 Å². The van der Waals surface area contributed by atoms with Crippen LogP contribution in [0.5, 0.6) is 0 Å². The van der Waals surface area contributed by atoms with Crippen molar-refractivity contribution in [3.8, 4) is 0 Å². The maximum atomic E-state index is 12.6. The van der Waals surface area contributed by atoms with Crippen LogP contribution in [0.25, 0.3) is 0 Å². The number of nitrogens with one attached hydrogen (secondary N) is 1. The van der Waals surface area contributed by atoms with Gasteiger partial charge in [0.2, 0.25) is 5.91 Å². The summed E-state index contributed by atoms with van der Waals surface area (Å²) in [6.45, 7) is 4.08. The lowest BCUT2D eigenvalue weighted by atomic mass is 10.00. The second-order valence-electron chi connectivity index (χ2n) is 20.0. The fraction of sp³-hybridized carbons (Fsp3) is 0.914. The van der Waals surface area contributed by atoms with Gasteiger partial charge in [-0.05, 0) is 51.4 Å². The van der Waals surface area contributed by atoms with Crippen molar-refractivity contribution in [3.05, 3.63) is 24.3 Å². The number of unbranched alkanes of at least 4 members (excludes halogenated alkanes) is 40. The van der Waals surface area contributed by atoms with Gasteiger partial charge in [-0.1, -0.05) is 282 Å². The SMILES string of the molecule is CCCCCCCCCCCCCCCCCCCC/C=C/CC/C=C/CCCC(O)C(O)C(CO)NC(=O)C(O)CCCCCCCCCCCCCCCCCCCCCCC. The maximum absolute atomic E-state index is 12.6. The molecule has 1 amide bonds. The fourth-order valence-corrected chi connectivity index (χ4v) is 9.13. The highest BCUT2D eigenvalue weighted by molar-refractivity contribution is 5.80. The summed E-state index contributed by atoms with van der Waals surface area (Å²) >= 11 is 0. The Morgan fingerprint density at radius 2 is 0.656 bits per heavy atom. The topological polar surface area (TPSA) is 110 Å². The second kappa shape index (κ2) is 52.8. The Labute approximate surface area is 399 Å². The molecule has 0 spiro atoms. The zero-order chi connectivity index (χ0) is 46.7. The molecule has 0 aromatic heterocycles. The number of hydrogen-bond donors (Lipinski definition) is 5. The van der Waals surface area contributed by atoms with Gasteiger partial charge in [0.1, 0.15) is 12.2 Å². The molecular formula is C58H113NO5. The van der Waals surface area contributed by atoms with Crippen LogP contribution in [-0.4, -0.2) is 57.3 Å². The van der Waals surface area contributed by atoms with E-state index in [0.717, 1.165) is 38.5 Å². The highest BCUT2D eigenvalue weighted by atomic mass is 16.3. The molecule has 4 unspecified atom stereocenters. The molecule has 64 heavy (non-hydrogen) atoms. The van der Waals surface area contributed by atoms with Crippen molar-refractivity contribution in [2.75, 3.05) is 6.61 Å². The summed E-state index contributed by atoms with van der Waals surface area (Å²) in [4.78, 5) is 12.6. The monoisotopic (exact) mass is 904 g/mol. The zero-order valence-electron chi connectivity index (χ0n) is 43.0. The predicted molar refractivity (Wildman–Crippen MR) is 279 cm³/mol. The smallest absolute Gasteiger partial charge is 0.249 e. The van der Waals surface area contributed by atoms with E-state index in [1.54, 1.807) is 0 Å². The number of aliphatic hydroxyl groups excluding tert-OH is 4. The van der Waals surface area contributed by atoms with Gasteiger partial charge in [-0.3, -0.25) is 4.79 Å². The molecular weight excluding hydrogens is 791 g/mol. The third-order valence-electron chi connectivity index (χ3n) is 13.6. The summed E-state index contributed by atoms with van der Waals surface area (Å²) < 4.78 is 0. The largest absolute Gasteiger partial charge is 0.394 e. The van der Waals surface area contributed by atoms with Gasteiger partial charge < -0.3 is 25.7 Å². The molecule has 5 N–H and O–H groups in total. The Hall–Kier alpha value is -1.21. The standard InChI is InChI=1S/C58H113NO5/c1-3-5-7-9-11-13-15-17-19-21-23-25-26-27-28-29-30-32-33-35-37-39-41-43-45-47-49-51-55(61)57(63)54(53-60)59-58(64)56(62)52-50-48-46-44-42-40-38-36-34-31-24-22-20-18-16-14-12-10-8-6-4-2/h35,37,43,45,54-57,60-63H,3-34,36,38-42,44,46-53H2,1-2H3,(H,59,64)/b37-35+,45-43+. The maximum Gasteiger partial charge on any atom is 0.249 e. The Balaban J connectivity index is 3.66. The molecule has 0 aromatic carbocycles. The Kier molecular flexibility index (Phi) is 51.8. The lowest BCUT2D eigenvalue weighted by Gasteiger charge is -2.27. The van der Waals surface area contributed by atoms with Gasteiger partial charge >= 0.3 is 0 Å². The van der Waals surface area contributed by atoms with Gasteiger partial charge in [0.05, 0.1) is 18.8 Å². The minimum Gasteiger partial charge on any atom is -0.394 e. The second-order valence-corrected chi connectivity index (χ2v) is 20.0. The van der Waals surface area contributed by atoms with Gasteiger partial charge in [-0.25, -0.2) is 0 Å². The summed E-state index contributed by atoms with van der Waals surface area (Å²) in [5.74, 6) is -0.592. The van der Waals surface area contributed by atoms with E-state index in [1.165, 1.54) is 238 Å². The normalized spacial score (nSPS) is 13.9. The molecule has 0 heterocycles. The van der Waals surface area contributed by atoms with Crippen LogP contribution in [0.2, 0.25) is 0 Å². The van der Waals surface area contributed by atoms with E-state index in [4.69, 9.17) is 0 Å². The number of carbonyl (C=O) groups is 1. The molecule has 0 saturated heterocycles. The fourth-order valence-electron chi connectivity index (χ4n) is 9.13. The van der Waals surface area contributed by atoms with Gasteiger partial charge in [0.15, 0.2) is 0 Å². The molecule has 0 bridgehead atoms. The highest BCUT2D eigenvalue weighted by Crippen LogP contribution is 2.18. The van der Waals surface area contributed by atoms with Crippen molar-refractivity contribution in [1.29, 1.82) is 0 Å². The number of allylic oxidation sites excluding steroid dienone is 4. The van der Waals surface area contributed by atoms with Crippen molar-refractivity contribution in [2.45, 2.75) is 334 Å². The van der Waals surface area contributed by atoms with Crippen molar-refractivity contribution < 1.29 is 25.2 Å². The quantitative estimate of drug-likeness (QED) is 0.0308. The zero-order valence-corrected chi connectivity index (χ0v) is 43.0. The lowest BCUT2D eigenvalue weighted by Crippen LogP contribution is -2.53. The number of rotatable bonds is 53. The summed E-state index contributed by atoms with van der Waals surface area (Å²) in [7, 11) is 0. The number of amides is 1. The summed E-state index contributed by atoms with van der Waals surface area (Å²) in [6.07, 6.45) is 64.0. The van der Waals surface area contributed by atoms with Crippen molar-refractivity contribution in [1.82, 2.24) is 5.32 Å². The Bertz CT molecular complexity index is 970. The third kappa shape index (κ3) is 45.9. The van der Waals surface area contributed by atoms with E-state index in [1.807, 2.05) is 0 Å². The van der Waals surface area contributed by atoms with E-state index in [-0.39, 0.29) is 0 Å². The molecule has 0 aromatic rings. The number of hydrogen-bond acceptors (Lipinski definition) is 5. The molecule has 0 aliphatic rings. The molecule has 380 valence electrons. The third-order valence-corrected chi connectivity index (χ3v) is 13.6. The summed E-state index contributed by atoms with van der Waals surface area (Å²) in [6, 6.07) is -1.01. The molecule has 0 aliphatic heterocycles. The van der Waals surface area contributed by atoms with Crippen LogP contribution >= 0.6 is 0 Å². The lowest BCUT2D eigenvalue weighted by molar-refractivity contribution is -0.132. The first kappa shape index (κ1) is 62.8. The number of carbonyl (C=O) groups excluding carboxylic acids is 1. The average Bonchev–Trinajstić information content (AvgIpc) is 3.30. The molecule has 0 aliphatic carbocycles. The minimum atomic E-state index is -1.29. The van der Waals surface area contributed by atoms with Gasteiger partial charge in [-0.2, -0.15) is 0 Å². The first-order chi connectivity index (χ1) is 31.5. The van der Waals surface area contributed by atoms with E-state index in [2.05, 4.69) is 43.5 Å². The van der Waals surface area contributed by atoms with E-state index < -0.39 is 36.9 Å². The van der Waals surface area contributed by atoms with E-state index >= 15 is 0 Å². The molecule has 6 nitrogen and oxygen atoms in total. The van der Waals surface area contributed by atoms with Crippen LogP contribution in [0.3, 0.4) is 0 Å². The molecule has 0 saturated carbocycles. The van der Waals surface area contributed by atoms with Crippen molar-refractivity contribution >= 4 is 5.91 Å². The van der Waals surface area contributed by atoms with Crippen LogP contribution in [0.4, 0.5) is 0 Å². The highest BCUT2D eigenvalue weighted by Gasteiger charge is 2.28. The Morgan fingerprint density at radius 3 is 0.984 bits per heavy atom. The van der Waals surface area contributed by atoms with E-state index in [0.29, 0.717) is 19.3 Å². The van der Waals surface area contributed by atoms with Gasteiger partial charge in [-0.15, -0.1) is 0 Å². The Morgan fingerprint density at radius 1 is 0.375 bits per heavy atom. The van der Waals surface area contributed by atoms with Crippen LogP contribution < -0.4 is 5.32 Å². The predicted octanol–water partition coefficient (Wildman–Crippen LogP) is 16.6. The van der Waals surface area contributed by atoms with Crippen LogP contribution in [0.15, 0.2) is 24.3 Å². The molecule has 4 atom stereocenters. The molecule has 0 rings (SSSR count). The van der Waals surface area contributed by atoms with Crippen molar-refractivity contribution in [3.63, 3.8) is 0 Å². The van der Waals surface area contributed by atoms with Gasteiger partial charge in [0.25, 0.3) is 0 Å². The first-order valence-corrected chi connectivity index (χ1v) is 28.7. The summed E-state index contributed by atoms with van der Waals surface area (Å²) in [5.41, 5.74) is 0. The number of aliphatic hydroxyl groups is 4.